The summed E-state index contributed by atoms with van der Waals surface area (Å²) < 4.78 is 18.9. The smallest absolute Gasteiger partial charge is 0.197 e. The van der Waals surface area contributed by atoms with Crippen molar-refractivity contribution in [3.8, 4) is 34.1 Å². The van der Waals surface area contributed by atoms with Gasteiger partial charge in [0, 0.05) is 133 Å². The molecule has 0 atom stereocenters. The number of nitrogens with zero attached hydrogens (tertiary/aromatic N) is 8. The van der Waals surface area contributed by atoms with Crippen LogP contribution in [0.15, 0.2) is 325 Å². The van der Waals surface area contributed by atoms with Crippen LogP contribution < -0.4 is 10.9 Å². The van der Waals surface area contributed by atoms with Gasteiger partial charge < -0.3 is 36.5 Å². The normalized spacial score (nSPS) is 12.4. The standard InChI is InChI=1S/C100H70N8O2/c1-3-5-51-101-83-45-39-65(107-93-47-41-61(103-85-31-15-7-23-67(85)68-24-8-16-32-86(68)103)53-75(93)76-54-62(42-48-94(76)107)104-87-33-17-9-25-69(87)70-26-10-18-34-88(70)104)57-79(83)99(109)81-60-98-82(59-97(81)101)100(110)80-58-66(40-46-84(80)102(98)52-6-4-2)108-95-49-43-63(105-89-35-19-11-27-71(89)72-28-12-20-36-90(72)105)55-77(95)78-56-64(44-50-96(78)108)106-91-37-21-13-29-73(91)74-30-14-22-38-92(74)106/h7-50,53-60H,3-6,51-52H2,1-2H3. The Morgan fingerprint density at radius 3 is 0.582 bits per heavy atom. The van der Waals surface area contributed by atoms with Gasteiger partial charge in [-0.25, -0.2) is 0 Å². The first-order chi connectivity index (χ1) is 54.3. The molecule has 0 radical (unpaired) electrons. The van der Waals surface area contributed by atoms with Crippen molar-refractivity contribution in [2.75, 3.05) is 0 Å². The molecule has 0 unspecified atom stereocenters. The molecule has 10 heteroatoms. The second kappa shape index (κ2) is 23.8. The lowest BCUT2D eigenvalue weighted by Gasteiger charge is -2.20. The predicted molar refractivity (Wildman–Crippen MR) is 461 cm³/mol. The highest BCUT2D eigenvalue weighted by molar-refractivity contribution is 6.18. The number of rotatable bonds is 12. The lowest BCUT2D eigenvalue weighted by molar-refractivity contribution is 0.660. The fourth-order valence-electron chi connectivity index (χ4n) is 19.1. The van der Waals surface area contributed by atoms with Crippen molar-refractivity contribution in [1.29, 1.82) is 0 Å². The number of para-hydroxylation sites is 8. The maximum Gasteiger partial charge on any atom is 0.197 e. The van der Waals surface area contributed by atoms with Gasteiger partial charge in [0.15, 0.2) is 10.9 Å². The minimum absolute atomic E-state index is 0.0616. The van der Waals surface area contributed by atoms with Crippen LogP contribution in [0.5, 0.6) is 0 Å². The van der Waals surface area contributed by atoms with Crippen molar-refractivity contribution in [2.24, 2.45) is 0 Å². The molecule has 0 saturated heterocycles. The number of unbranched alkanes of at least 4 members (excludes halogenated alkanes) is 2. The third-order valence-corrected chi connectivity index (χ3v) is 24.0. The Labute approximate surface area is 629 Å². The summed E-state index contributed by atoms with van der Waals surface area (Å²) >= 11 is 0. The molecule has 522 valence electrons. The zero-order chi connectivity index (χ0) is 72.7. The molecule has 0 aliphatic heterocycles. The van der Waals surface area contributed by atoms with Crippen molar-refractivity contribution in [2.45, 2.75) is 52.6 Å². The highest BCUT2D eigenvalue weighted by Gasteiger charge is 2.25. The van der Waals surface area contributed by atoms with Crippen LogP contribution in [-0.2, 0) is 13.1 Å². The van der Waals surface area contributed by atoms with Crippen LogP contribution in [0.3, 0.4) is 0 Å². The van der Waals surface area contributed by atoms with Crippen LogP contribution >= 0.6 is 0 Å². The average Bonchev–Trinajstić information content (AvgIpc) is 1.01. The van der Waals surface area contributed by atoms with E-state index in [1.807, 2.05) is 0 Å². The summed E-state index contributed by atoms with van der Waals surface area (Å²) in [4.78, 5) is 32.3. The first kappa shape index (κ1) is 62.3. The second-order valence-electron chi connectivity index (χ2n) is 29.9. The first-order valence-corrected chi connectivity index (χ1v) is 38.6. The van der Waals surface area contributed by atoms with E-state index in [0.717, 1.165) is 170 Å². The van der Waals surface area contributed by atoms with Gasteiger partial charge in [0.1, 0.15) is 0 Å². The SMILES string of the molecule is CCCCn1c2ccc(-n3c4ccc(-n5c6ccccc6c6ccccc65)cc4c4cc(-n5c6ccccc6c6ccccc65)ccc43)cc2c(=O)c2cc3c(cc21)c(=O)c1cc(-n2c4ccc(-n5c6ccccc6c6ccccc65)cc4c4cc(-n5c6ccccc6c6ccccc65)ccc42)ccc1n3CCCC. The highest BCUT2D eigenvalue weighted by Crippen LogP contribution is 2.44. The third-order valence-electron chi connectivity index (χ3n) is 24.0. The summed E-state index contributed by atoms with van der Waals surface area (Å²) in [5.74, 6) is 0. The molecule has 10 nitrogen and oxygen atoms in total. The molecule has 23 aromatic rings. The first-order valence-electron chi connectivity index (χ1n) is 38.6. The van der Waals surface area contributed by atoms with Gasteiger partial charge in [-0.05, 0) is 183 Å². The van der Waals surface area contributed by atoms with Crippen LogP contribution in [0.25, 0.3) is 209 Å². The van der Waals surface area contributed by atoms with E-state index in [9.17, 15) is 0 Å². The number of aromatic nitrogens is 8. The van der Waals surface area contributed by atoms with Gasteiger partial charge in [-0.2, -0.15) is 0 Å². The lowest BCUT2D eigenvalue weighted by Crippen LogP contribution is -2.16. The third kappa shape index (κ3) is 8.81. The van der Waals surface area contributed by atoms with E-state index in [1.54, 1.807) is 0 Å². The molecule has 0 spiro atoms. The Morgan fingerprint density at radius 2 is 0.364 bits per heavy atom. The summed E-state index contributed by atoms with van der Waals surface area (Å²) in [6, 6.07) is 114. The van der Waals surface area contributed by atoms with E-state index < -0.39 is 0 Å². The largest absolute Gasteiger partial charge is 0.340 e. The summed E-state index contributed by atoms with van der Waals surface area (Å²) in [7, 11) is 0. The van der Waals surface area contributed by atoms with E-state index >= 15 is 9.59 Å². The van der Waals surface area contributed by atoms with Gasteiger partial charge in [0.05, 0.1) is 88.3 Å². The number of pyridine rings is 2. The maximum absolute atomic E-state index is 16.1. The Bertz CT molecular complexity index is 7050. The van der Waals surface area contributed by atoms with E-state index in [0.29, 0.717) is 34.6 Å². The van der Waals surface area contributed by atoms with Gasteiger partial charge in [-0.1, -0.05) is 172 Å². The highest BCUT2D eigenvalue weighted by atomic mass is 16.1. The molecule has 8 heterocycles. The molecule has 15 aromatic carbocycles. The van der Waals surface area contributed by atoms with Crippen LogP contribution in [0, 0.1) is 0 Å². The summed E-state index contributed by atoms with van der Waals surface area (Å²) in [6.45, 7) is 5.75. The molecule has 0 aliphatic rings. The molecular weight excluding hydrogens is 1350 g/mol. The molecule has 0 aliphatic carbocycles. The van der Waals surface area contributed by atoms with Crippen LogP contribution in [0.2, 0.25) is 0 Å². The molecule has 0 bridgehead atoms. The summed E-state index contributed by atoms with van der Waals surface area (Å²) in [5.41, 5.74) is 22.4. The number of fused-ring (bicyclic) bond motifs is 22. The van der Waals surface area contributed by atoms with Gasteiger partial charge in [0.2, 0.25) is 0 Å². The zero-order valence-electron chi connectivity index (χ0n) is 60.7. The van der Waals surface area contributed by atoms with Gasteiger partial charge in [0.25, 0.3) is 0 Å². The van der Waals surface area contributed by atoms with Crippen molar-refractivity contribution < 1.29 is 0 Å². The molecule has 0 fully saturated rings. The minimum Gasteiger partial charge on any atom is -0.340 e. The predicted octanol–water partition coefficient (Wildman–Crippen LogP) is 24.8. The summed E-state index contributed by atoms with van der Waals surface area (Å²) in [6.07, 6.45) is 3.64. The van der Waals surface area contributed by atoms with Crippen molar-refractivity contribution >= 4 is 174 Å². The molecule has 0 N–H and O–H groups in total. The topological polar surface area (TPSA) is 73.6 Å². The Morgan fingerprint density at radius 1 is 0.182 bits per heavy atom. The van der Waals surface area contributed by atoms with Gasteiger partial charge in [-0.3, -0.25) is 9.59 Å². The number of hydrogen-bond donors (Lipinski definition) is 0. The maximum atomic E-state index is 16.1. The molecular formula is C100H70N8O2. The fourth-order valence-corrected chi connectivity index (χ4v) is 19.1. The monoisotopic (exact) mass is 1410 g/mol. The zero-order valence-corrected chi connectivity index (χ0v) is 60.7. The number of aryl methyl sites for hydroxylation is 2. The average molecular weight is 1420 g/mol. The number of benzene rings is 15. The molecule has 110 heavy (non-hydrogen) atoms. The minimum atomic E-state index is -0.0616. The van der Waals surface area contributed by atoms with Crippen molar-refractivity contribution in [3.05, 3.63) is 336 Å². The van der Waals surface area contributed by atoms with Gasteiger partial charge in [-0.15, -0.1) is 0 Å². The molecule has 0 saturated carbocycles. The Hall–Kier alpha value is -14.0. The van der Waals surface area contributed by atoms with E-state index in [-0.39, 0.29) is 10.9 Å². The van der Waals surface area contributed by atoms with E-state index in [2.05, 4.69) is 366 Å². The van der Waals surface area contributed by atoms with Crippen LogP contribution in [0.4, 0.5) is 0 Å². The summed E-state index contributed by atoms with van der Waals surface area (Å²) in [5, 5.41) is 16.5. The molecule has 8 aromatic heterocycles. The molecule has 23 rings (SSSR count). The van der Waals surface area contributed by atoms with Crippen molar-refractivity contribution in [3.63, 3.8) is 0 Å². The van der Waals surface area contributed by atoms with Crippen LogP contribution in [-0.4, -0.2) is 36.5 Å². The molecule has 0 amide bonds. The quantitative estimate of drug-likeness (QED) is 0.114. The Kier molecular flexibility index (Phi) is 13.5. The van der Waals surface area contributed by atoms with Gasteiger partial charge >= 0.3 is 0 Å². The van der Waals surface area contributed by atoms with E-state index in [4.69, 9.17) is 0 Å². The fraction of sp³-hybridized carbons (Fsp3) is 0.0800. The van der Waals surface area contributed by atoms with Crippen molar-refractivity contribution in [1.82, 2.24) is 36.5 Å². The lowest BCUT2D eigenvalue weighted by atomic mass is 10.0. The van der Waals surface area contributed by atoms with E-state index in [1.165, 1.54) is 43.1 Å². The Balaban J connectivity index is 0.721. The second-order valence-corrected chi connectivity index (χ2v) is 29.9. The van der Waals surface area contributed by atoms with Crippen LogP contribution in [0.1, 0.15) is 39.5 Å². The number of hydrogen-bond acceptors (Lipinski definition) is 2.